The highest BCUT2D eigenvalue weighted by Gasteiger charge is 2.62. The maximum absolute atomic E-state index is 15.6. The monoisotopic (exact) mass is 618 g/mol. The normalized spacial score (nSPS) is 23.5. The molecule has 0 bridgehead atoms. The molecule has 1 aliphatic carbocycles. The van der Waals surface area contributed by atoms with Crippen molar-refractivity contribution in [1.29, 1.82) is 0 Å². The van der Waals surface area contributed by atoms with Gasteiger partial charge in [0.2, 0.25) is 22.4 Å². The number of hydrogen-bond donors (Lipinski definition) is 3. The van der Waals surface area contributed by atoms with E-state index in [4.69, 9.17) is 5.11 Å². The Hall–Kier alpha value is -3.27. The highest BCUT2D eigenvalue weighted by Crippen LogP contribution is 2.62. The summed E-state index contributed by atoms with van der Waals surface area (Å²) in [5.74, 6) is -5.67. The summed E-state index contributed by atoms with van der Waals surface area (Å²) in [5, 5.41) is 11.6. The van der Waals surface area contributed by atoms with E-state index in [-0.39, 0.29) is 74.5 Å². The summed E-state index contributed by atoms with van der Waals surface area (Å²) in [4.78, 5) is 25.2. The molecule has 1 aromatic heterocycles. The third kappa shape index (κ3) is 6.23. The summed E-state index contributed by atoms with van der Waals surface area (Å²) in [5.41, 5.74) is -1.31. The predicted octanol–water partition coefficient (Wildman–Crippen LogP) is 3.63. The molecular formula is C26H31F5N6O4S. The van der Waals surface area contributed by atoms with Gasteiger partial charge in [-0.25, -0.2) is 35.4 Å². The number of aromatic nitrogens is 2. The van der Waals surface area contributed by atoms with Gasteiger partial charge >= 0.3 is 0 Å². The molecule has 1 saturated carbocycles. The summed E-state index contributed by atoms with van der Waals surface area (Å²) in [6.45, 7) is 1.17. The van der Waals surface area contributed by atoms with Crippen molar-refractivity contribution in [3.63, 3.8) is 0 Å². The van der Waals surface area contributed by atoms with Crippen molar-refractivity contribution in [3.05, 3.63) is 35.3 Å². The quantitative estimate of drug-likeness (QED) is 0.364. The topological polar surface area (TPSA) is 128 Å². The Morgan fingerprint density at radius 1 is 1.12 bits per heavy atom. The number of hydrogen-bond acceptors (Lipinski definition) is 8. The molecule has 10 nitrogen and oxygen atoms in total. The average molecular weight is 619 g/mol. The van der Waals surface area contributed by atoms with Gasteiger partial charge in [0.25, 0.3) is 11.8 Å². The number of anilines is 4. The van der Waals surface area contributed by atoms with Crippen LogP contribution in [0, 0.1) is 24.1 Å². The zero-order valence-electron chi connectivity index (χ0n) is 22.7. The Morgan fingerprint density at radius 2 is 1.81 bits per heavy atom. The SMILES string of the molecule is Cc1cc(NC(=O)c2c(F)cc(NS(=O)(=O)CCO)cc2N2CC[C@@]3(C(F)F)C[C@H]3C2)nc(N2CCC(F)(F)CC2)n1. The molecule has 2 aromatic rings. The van der Waals surface area contributed by atoms with E-state index in [1.807, 2.05) is 0 Å². The van der Waals surface area contributed by atoms with Gasteiger partial charge in [0.05, 0.1) is 29.3 Å². The third-order valence-electron chi connectivity index (χ3n) is 8.13. The first kappa shape index (κ1) is 30.2. The van der Waals surface area contributed by atoms with Crippen LogP contribution in [-0.4, -0.2) is 80.3 Å². The van der Waals surface area contributed by atoms with Crippen LogP contribution in [0.1, 0.15) is 41.7 Å². The van der Waals surface area contributed by atoms with Crippen LogP contribution in [-0.2, 0) is 10.0 Å². The smallest absolute Gasteiger partial charge is 0.261 e. The number of aliphatic hydroxyl groups is 1. The van der Waals surface area contributed by atoms with Gasteiger partial charge < -0.3 is 20.2 Å². The second kappa shape index (κ2) is 11.1. The van der Waals surface area contributed by atoms with Gasteiger partial charge in [-0.2, -0.15) is 4.98 Å². The van der Waals surface area contributed by atoms with Crippen LogP contribution in [0.15, 0.2) is 18.2 Å². The molecule has 0 radical (unpaired) electrons. The number of amides is 1. The lowest BCUT2D eigenvalue weighted by molar-refractivity contribution is -0.0222. The fourth-order valence-electron chi connectivity index (χ4n) is 5.70. The van der Waals surface area contributed by atoms with E-state index in [0.29, 0.717) is 12.1 Å². The molecule has 0 spiro atoms. The molecule has 3 N–H and O–H groups in total. The van der Waals surface area contributed by atoms with Gasteiger partial charge in [-0.05, 0) is 37.8 Å². The molecular weight excluding hydrogens is 587 g/mol. The van der Waals surface area contributed by atoms with Crippen molar-refractivity contribution in [3.8, 4) is 0 Å². The number of aryl methyl sites for hydroxylation is 1. The molecule has 3 heterocycles. The maximum Gasteiger partial charge on any atom is 0.261 e. The number of sulfonamides is 1. The molecule has 3 fully saturated rings. The fraction of sp³-hybridized carbons (Fsp3) is 0.577. The fourth-order valence-corrected chi connectivity index (χ4v) is 6.51. The summed E-state index contributed by atoms with van der Waals surface area (Å²) < 4.78 is 96.8. The minimum Gasteiger partial charge on any atom is -0.395 e. The Kier molecular flexibility index (Phi) is 7.98. The number of rotatable bonds is 9. The molecule has 2 atom stereocenters. The summed E-state index contributed by atoms with van der Waals surface area (Å²) >= 11 is 0. The predicted molar refractivity (Wildman–Crippen MR) is 145 cm³/mol. The van der Waals surface area contributed by atoms with Crippen molar-refractivity contribution < 1.29 is 40.3 Å². The van der Waals surface area contributed by atoms with Crippen LogP contribution in [0.4, 0.5) is 45.1 Å². The number of carbonyl (C=O) groups is 1. The maximum atomic E-state index is 15.6. The molecule has 230 valence electrons. The van der Waals surface area contributed by atoms with Crippen LogP contribution in [0.3, 0.4) is 0 Å². The molecule has 5 rings (SSSR count). The average Bonchev–Trinajstić information content (AvgIpc) is 3.63. The largest absolute Gasteiger partial charge is 0.395 e. The first-order chi connectivity index (χ1) is 19.7. The zero-order valence-corrected chi connectivity index (χ0v) is 23.5. The second-order valence-corrected chi connectivity index (χ2v) is 13.0. The number of aliphatic hydroxyl groups excluding tert-OH is 1. The van der Waals surface area contributed by atoms with Gasteiger partial charge in [0.15, 0.2) is 0 Å². The Bertz CT molecular complexity index is 1470. The van der Waals surface area contributed by atoms with Crippen LogP contribution >= 0.6 is 0 Å². The molecule has 3 aliphatic rings. The molecule has 2 aliphatic heterocycles. The zero-order chi connectivity index (χ0) is 30.4. The molecule has 2 saturated heterocycles. The highest BCUT2D eigenvalue weighted by atomic mass is 32.2. The lowest BCUT2D eigenvalue weighted by Crippen LogP contribution is -2.40. The Balaban J connectivity index is 1.44. The molecule has 1 amide bonds. The summed E-state index contributed by atoms with van der Waals surface area (Å²) in [7, 11) is -4.04. The number of nitrogens with one attached hydrogen (secondary N) is 2. The molecule has 42 heavy (non-hydrogen) atoms. The van der Waals surface area contributed by atoms with Gasteiger partial charge in [-0.15, -0.1) is 0 Å². The van der Waals surface area contributed by atoms with Gasteiger partial charge in [0, 0.05) is 56.2 Å². The van der Waals surface area contributed by atoms with Gasteiger partial charge in [0.1, 0.15) is 11.6 Å². The number of fused-ring (bicyclic) bond motifs is 1. The Morgan fingerprint density at radius 3 is 2.45 bits per heavy atom. The van der Waals surface area contributed by atoms with E-state index in [1.165, 1.54) is 12.1 Å². The molecule has 0 unspecified atom stereocenters. The van der Waals surface area contributed by atoms with Crippen molar-refractivity contribution in [2.24, 2.45) is 11.3 Å². The third-order valence-corrected chi connectivity index (χ3v) is 9.40. The van der Waals surface area contributed by atoms with E-state index in [9.17, 15) is 30.8 Å². The van der Waals surface area contributed by atoms with Crippen LogP contribution in [0.2, 0.25) is 0 Å². The first-order valence-corrected chi connectivity index (χ1v) is 15.1. The van der Waals surface area contributed by atoms with Crippen molar-refractivity contribution in [2.45, 2.75) is 45.0 Å². The van der Waals surface area contributed by atoms with E-state index in [2.05, 4.69) is 20.0 Å². The van der Waals surface area contributed by atoms with E-state index >= 15 is 4.39 Å². The number of piperidine rings is 2. The number of halogens is 5. The Labute approximate surface area is 239 Å². The van der Waals surface area contributed by atoms with Crippen LogP contribution in [0.5, 0.6) is 0 Å². The van der Waals surface area contributed by atoms with E-state index in [1.54, 1.807) is 16.7 Å². The van der Waals surface area contributed by atoms with Crippen molar-refractivity contribution in [2.75, 3.05) is 58.4 Å². The first-order valence-electron chi connectivity index (χ1n) is 13.5. The standard InChI is InChI=1S/C26H31F5N6O4S/c1-15-10-20(34-24(32-15)36-6-3-26(30,31)4-7-36)33-22(39)21-18(27)11-17(35-42(40,41)9-8-38)12-19(21)37-5-2-25(23(28)29)13-16(25)14-37/h10-12,16,23,35,38H,2-9,13-14H2,1H3,(H,32,33,34,39)/t16-,25+/m0/s1. The second-order valence-electron chi connectivity index (χ2n) is 11.1. The van der Waals surface area contributed by atoms with Crippen molar-refractivity contribution in [1.82, 2.24) is 9.97 Å². The van der Waals surface area contributed by atoms with E-state index < -0.39 is 57.4 Å². The number of alkyl halides is 4. The molecule has 16 heteroatoms. The number of nitrogens with zero attached hydrogens (tertiary/aromatic N) is 4. The van der Waals surface area contributed by atoms with E-state index in [0.717, 1.165) is 6.07 Å². The number of carbonyl (C=O) groups excluding carboxylic acids is 1. The van der Waals surface area contributed by atoms with Crippen LogP contribution < -0.4 is 19.8 Å². The summed E-state index contributed by atoms with van der Waals surface area (Å²) in [6.07, 6.45) is -2.86. The van der Waals surface area contributed by atoms with Crippen LogP contribution in [0.25, 0.3) is 0 Å². The minimum absolute atomic E-state index is 0.00420. The highest BCUT2D eigenvalue weighted by molar-refractivity contribution is 7.92. The minimum atomic E-state index is -4.04. The van der Waals surface area contributed by atoms with Gasteiger partial charge in [-0.3, -0.25) is 9.52 Å². The van der Waals surface area contributed by atoms with Gasteiger partial charge in [-0.1, -0.05) is 0 Å². The lowest BCUT2D eigenvalue weighted by Gasteiger charge is -2.34. The number of benzene rings is 1. The lowest BCUT2D eigenvalue weighted by atomic mass is 9.94. The molecule has 1 aromatic carbocycles. The van der Waals surface area contributed by atoms with Crippen molar-refractivity contribution >= 4 is 39.1 Å². The summed E-state index contributed by atoms with van der Waals surface area (Å²) in [6, 6.07) is 3.51.